The summed E-state index contributed by atoms with van der Waals surface area (Å²) < 4.78 is 10.1. The molecule has 0 spiro atoms. The molecule has 5 atom stereocenters. The molecule has 6 nitrogen and oxygen atoms in total. The average molecular weight is 336 g/mol. The van der Waals surface area contributed by atoms with Gasteiger partial charge in [-0.15, -0.1) is 0 Å². The van der Waals surface area contributed by atoms with E-state index in [1.807, 2.05) is 0 Å². The van der Waals surface area contributed by atoms with Gasteiger partial charge in [-0.1, -0.05) is 6.58 Å². The molecule has 24 heavy (non-hydrogen) atoms. The molecule has 0 aromatic carbocycles. The summed E-state index contributed by atoms with van der Waals surface area (Å²) in [6.07, 6.45) is 1.31. The summed E-state index contributed by atoms with van der Waals surface area (Å²) in [5, 5.41) is 0. The van der Waals surface area contributed by atoms with Gasteiger partial charge < -0.3 is 9.47 Å². The first-order valence-corrected chi connectivity index (χ1v) is 8.24. The summed E-state index contributed by atoms with van der Waals surface area (Å²) in [4.78, 5) is 47.3. The van der Waals surface area contributed by atoms with Crippen LogP contribution in [0.4, 0.5) is 0 Å². The predicted octanol–water partition coefficient (Wildman–Crippen LogP) is 1.72. The van der Waals surface area contributed by atoms with Gasteiger partial charge in [-0.05, 0) is 45.4 Å². The fourth-order valence-electron chi connectivity index (χ4n) is 4.28. The van der Waals surface area contributed by atoms with E-state index in [-0.39, 0.29) is 65.9 Å². The molecular weight excluding hydrogens is 312 g/mol. The largest absolute Gasteiger partial charge is 0.462 e. The fourth-order valence-corrected chi connectivity index (χ4v) is 4.28. The Morgan fingerprint density at radius 1 is 0.917 bits per heavy atom. The van der Waals surface area contributed by atoms with Crippen molar-refractivity contribution >= 4 is 23.5 Å². The van der Waals surface area contributed by atoms with E-state index in [0.717, 1.165) is 6.42 Å². The maximum Gasteiger partial charge on any atom is 0.333 e. The first-order valence-electron chi connectivity index (χ1n) is 8.24. The Balaban J connectivity index is 1.89. The lowest BCUT2D eigenvalue weighted by atomic mass is 9.71. The maximum absolute atomic E-state index is 12.3. The standard InChI is InChI=1S/C18H24O6/c1-9(2)17(21)23-5-6-24-18(22)14-8-12-7-13(14)16(11(4)20)15(12)10(3)19/h12-16H,1,5-8H2,2-4H3. The van der Waals surface area contributed by atoms with Gasteiger partial charge in [-0.2, -0.15) is 0 Å². The fraction of sp³-hybridized carbons (Fsp3) is 0.667. The highest BCUT2D eigenvalue weighted by Crippen LogP contribution is 2.56. The van der Waals surface area contributed by atoms with Crippen molar-refractivity contribution < 1.29 is 28.7 Å². The number of ketones is 2. The van der Waals surface area contributed by atoms with Crippen molar-refractivity contribution in [3.63, 3.8) is 0 Å². The van der Waals surface area contributed by atoms with Crippen molar-refractivity contribution in [2.24, 2.45) is 29.6 Å². The zero-order valence-corrected chi connectivity index (χ0v) is 14.4. The summed E-state index contributed by atoms with van der Waals surface area (Å²) in [5.41, 5.74) is 0.286. The van der Waals surface area contributed by atoms with E-state index in [4.69, 9.17) is 9.47 Å². The van der Waals surface area contributed by atoms with Gasteiger partial charge in [0.15, 0.2) is 0 Å². The second-order valence-electron chi connectivity index (χ2n) is 6.86. The van der Waals surface area contributed by atoms with Crippen LogP contribution in [0.5, 0.6) is 0 Å². The van der Waals surface area contributed by atoms with Crippen LogP contribution < -0.4 is 0 Å². The van der Waals surface area contributed by atoms with E-state index in [2.05, 4.69) is 6.58 Å². The van der Waals surface area contributed by atoms with E-state index in [9.17, 15) is 19.2 Å². The van der Waals surface area contributed by atoms with Gasteiger partial charge in [0.1, 0.15) is 24.8 Å². The van der Waals surface area contributed by atoms with E-state index < -0.39 is 5.97 Å². The molecule has 2 fully saturated rings. The second-order valence-corrected chi connectivity index (χ2v) is 6.86. The number of ether oxygens (including phenoxy) is 2. The molecule has 2 aliphatic carbocycles. The number of hydrogen-bond acceptors (Lipinski definition) is 6. The van der Waals surface area contributed by atoms with E-state index in [1.165, 1.54) is 20.8 Å². The highest BCUT2D eigenvalue weighted by molar-refractivity contribution is 5.90. The second kappa shape index (κ2) is 7.28. The van der Waals surface area contributed by atoms with Gasteiger partial charge in [0.2, 0.25) is 0 Å². The smallest absolute Gasteiger partial charge is 0.333 e. The van der Waals surface area contributed by atoms with Crippen molar-refractivity contribution in [2.45, 2.75) is 33.6 Å². The number of carbonyl (C=O) groups excluding carboxylic acids is 4. The van der Waals surface area contributed by atoms with Crippen molar-refractivity contribution in [1.29, 1.82) is 0 Å². The van der Waals surface area contributed by atoms with E-state index in [1.54, 1.807) is 0 Å². The molecule has 6 heteroatoms. The van der Waals surface area contributed by atoms with Crippen molar-refractivity contribution in [1.82, 2.24) is 0 Å². The first-order chi connectivity index (χ1) is 11.2. The molecule has 2 bridgehead atoms. The minimum absolute atomic E-state index is 0.0212. The molecule has 0 aliphatic heterocycles. The lowest BCUT2D eigenvalue weighted by Crippen LogP contribution is -2.39. The summed E-state index contributed by atoms with van der Waals surface area (Å²) in [5.74, 6) is -1.91. The minimum atomic E-state index is -0.521. The zero-order chi connectivity index (χ0) is 18.0. The molecule has 0 N–H and O–H groups in total. The molecule has 0 aromatic heterocycles. The lowest BCUT2D eigenvalue weighted by Gasteiger charge is -2.31. The molecule has 132 valence electrons. The van der Waals surface area contributed by atoms with Crippen LogP contribution in [0.25, 0.3) is 0 Å². The van der Waals surface area contributed by atoms with Gasteiger partial charge in [-0.25, -0.2) is 4.79 Å². The third kappa shape index (κ3) is 3.57. The summed E-state index contributed by atoms with van der Waals surface area (Å²) >= 11 is 0. The first kappa shape index (κ1) is 18.4. The molecule has 5 unspecified atom stereocenters. The van der Waals surface area contributed by atoms with Crippen LogP contribution in [0, 0.1) is 29.6 Å². The SMILES string of the molecule is C=C(C)C(=O)OCCOC(=O)C1CC2CC1C(C(C)=O)C2C(C)=O. The van der Waals surface area contributed by atoms with E-state index >= 15 is 0 Å². The zero-order valence-electron chi connectivity index (χ0n) is 14.4. The highest BCUT2D eigenvalue weighted by Gasteiger charge is 2.57. The van der Waals surface area contributed by atoms with Crippen LogP contribution in [0.3, 0.4) is 0 Å². The van der Waals surface area contributed by atoms with Gasteiger partial charge in [0.05, 0.1) is 5.92 Å². The lowest BCUT2D eigenvalue weighted by molar-refractivity contribution is -0.157. The van der Waals surface area contributed by atoms with Crippen LogP contribution in [0.1, 0.15) is 33.6 Å². The Morgan fingerprint density at radius 3 is 2.04 bits per heavy atom. The summed E-state index contributed by atoms with van der Waals surface area (Å²) in [6.45, 7) is 7.96. The molecule has 0 aromatic rings. The minimum Gasteiger partial charge on any atom is -0.462 e. The average Bonchev–Trinajstić information content (AvgIpc) is 3.08. The summed E-state index contributed by atoms with van der Waals surface area (Å²) in [7, 11) is 0. The quantitative estimate of drug-likeness (QED) is 0.400. The molecular formula is C18H24O6. The van der Waals surface area contributed by atoms with Gasteiger partial charge in [0, 0.05) is 17.4 Å². The molecule has 0 heterocycles. The highest BCUT2D eigenvalue weighted by atomic mass is 16.6. The van der Waals surface area contributed by atoms with Crippen molar-refractivity contribution in [3.8, 4) is 0 Å². The number of esters is 2. The van der Waals surface area contributed by atoms with Crippen molar-refractivity contribution in [3.05, 3.63) is 12.2 Å². The third-order valence-corrected chi connectivity index (χ3v) is 5.16. The number of hydrogen-bond donors (Lipinski definition) is 0. The number of carbonyl (C=O) groups is 4. The number of rotatable bonds is 7. The molecule has 0 amide bonds. The Morgan fingerprint density at radius 2 is 1.50 bits per heavy atom. The number of Topliss-reactive ketones (excluding diaryl/α,β-unsaturated/α-hetero) is 2. The Labute approximate surface area is 141 Å². The third-order valence-electron chi connectivity index (χ3n) is 5.16. The van der Waals surface area contributed by atoms with Gasteiger partial charge in [0.25, 0.3) is 0 Å². The topological polar surface area (TPSA) is 86.7 Å². The normalized spacial score (nSPS) is 30.7. The molecule has 2 rings (SSSR count). The predicted molar refractivity (Wildman–Crippen MR) is 84.8 cm³/mol. The van der Waals surface area contributed by atoms with Crippen LogP contribution >= 0.6 is 0 Å². The van der Waals surface area contributed by atoms with Crippen LogP contribution in [0.15, 0.2) is 12.2 Å². The van der Waals surface area contributed by atoms with Crippen LogP contribution in [0.2, 0.25) is 0 Å². The molecule has 2 saturated carbocycles. The molecule has 2 aliphatic rings. The van der Waals surface area contributed by atoms with E-state index in [0.29, 0.717) is 6.42 Å². The van der Waals surface area contributed by atoms with Crippen LogP contribution in [-0.2, 0) is 28.7 Å². The Hall–Kier alpha value is -1.98. The van der Waals surface area contributed by atoms with Crippen LogP contribution in [-0.4, -0.2) is 36.7 Å². The Kier molecular flexibility index (Phi) is 5.57. The number of fused-ring (bicyclic) bond motifs is 2. The Bertz CT molecular complexity index is 578. The monoisotopic (exact) mass is 336 g/mol. The van der Waals surface area contributed by atoms with Gasteiger partial charge >= 0.3 is 11.9 Å². The molecule has 0 radical (unpaired) electrons. The maximum atomic E-state index is 12.3. The van der Waals surface area contributed by atoms with Crippen molar-refractivity contribution in [2.75, 3.05) is 13.2 Å². The molecule has 0 saturated heterocycles. The summed E-state index contributed by atoms with van der Waals surface area (Å²) in [6, 6.07) is 0. The van der Waals surface area contributed by atoms with Gasteiger partial charge in [-0.3, -0.25) is 14.4 Å².